The fourth-order valence-electron chi connectivity index (χ4n) is 8.76. The largest absolute Gasteiger partial charge is 0.508 e. The van der Waals surface area contributed by atoms with E-state index < -0.39 is 15.9 Å². The molecule has 4 aromatic carbocycles. The lowest BCUT2D eigenvalue weighted by molar-refractivity contribution is -0.0323. The predicted molar refractivity (Wildman–Crippen MR) is 223 cm³/mol. The molecule has 4 aliphatic rings. The maximum Gasteiger partial charge on any atom is 0.264 e. The van der Waals surface area contributed by atoms with E-state index in [1.54, 1.807) is 41.3 Å². The standard InChI is InChI=1S/C45H45N5O9S/c1-60(55,56)46-43(52)31-10-6-7-29(21-31)26-49(33-12-14-34(51)15-13-33)45(54)37-23-39(48-16-5-4-11-38(37)48)35-24-40-41(59-28-58-40)25-36(35)44(53)50-27-32-9-3-2-8-30(32)22-42(50)47-17-19-57-20-18-47/h2-3,6-10,12-15,21,23-25,42,51H,4-5,11,16-20,22,26-28H2,1H3,(H,46,52)/t42-/m0/s1. The molecule has 0 radical (unpaired) electrons. The van der Waals surface area contributed by atoms with Crippen LogP contribution in [0.1, 0.15) is 66.3 Å². The number of phenols is 1. The highest BCUT2D eigenvalue weighted by Gasteiger charge is 2.38. The summed E-state index contributed by atoms with van der Waals surface area (Å²) in [5.41, 5.74) is 6.59. The Balaban J connectivity index is 1.13. The third kappa shape index (κ3) is 7.83. The van der Waals surface area contributed by atoms with Gasteiger partial charge in [0.2, 0.25) is 16.8 Å². The molecule has 9 rings (SSSR count). The SMILES string of the molecule is CS(=O)(=O)NC(=O)c1cccc(CN(C(=O)c2cc(-c3cc4c(cc3C(=O)N3Cc5ccccc5C[C@H]3N3CCOCC3)OCO4)n3c2CCCC3)c2ccc(O)cc2)c1. The average molecular weight is 832 g/mol. The maximum atomic E-state index is 15.2. The average Bonchev–Trinajstić information content (AvgIpc) is 3.89. The van der Waals surface area contributed by atoms with E-state index in [0.717, 1.165) is 30.4 Å². The molecule has 5 aromatic rings. The molecule has 15 heteroatoms. The summed E-state index contributed by atoms with van der Waals surface area (Å²) in [4.78, 5) is 49.0. The number of aromatic hydroxyl groups is 1. The van der Waals surface area contributed by atoms with Gasteiger partial charge in [0.05, 0.1) is 43.3 Å². The second-order valence-corrected chi connectivity index (χ2v) is 17.3. The van der Waals surface area contributed by atoms with E-state index in [2.05, 4.69) is 21.6 Å². The Morgan fingerprint density at radius 1 is 0.850 bits per heavy atom. The van der Waals surface area contributed by atoms with Crippen molar-refractivity contribution in [1.29, 1.82) is 0 Å². The van der Waals surface area contributed by atoms with Crippen LogP contribution in [0.2, 0.25) is 0 Å². The van der Waals surface area contributed by atoms with Crippen molar-refractivity contribution >= 4 is 33.4 Å². The summed E-state index contributed by atoms with van der Waals surface area (Å²) in [5.74, 6) is -0.235. The highest BCUT2D eigenvalue weighted by atomic mass is 32.2. The van der Waals surface area contributed by atoms with Crippen LogP contribution < -0.4 is 19.1 Å². The molecule has 60 heavy (non-hydrogen) atoms. The number of hydrogen-bond acceptors (Lipinski definition) is 10. The van der Waals surface area contributed by atoms with E-state index in [9.17, 15) is 18.3 Å². The number of carbonyl (C=O) groups is 3. The van der Waals surface area contributed by atoms with Crippen LogP contribution in [0.4, 0.5) is 5.69 Å². The number of sulfonamides is 1. The lowest BCUT2D eigenvalue weighted by Gasteiger charge is -2.44. The van der Waals surface area contributed by atoms with E-state index in [0.29, 0.717) is 97.4 Å². The van der Waals surface area contributed by atoms with Crippen molar-refractivity contribution in [1.82, 2.24) is 19.1 Å². The van der Waals surface area contributed by atoms with Gasteiger partial charge < -0.3 is 33.7 Å². The summed E-state index contributed by atoms with van der Waals surface area (Å²) in [6.45, 7) is 3.70. The van der Waals surface area contributed by atoms with Crippen molar-refractivity contribution in [3.8, 4) is 28.5 Å². The molecule has 0 spiro atoms. The molecule has 0 saturated carbocycles. The lowest BCUT2D eigenvalue weighted by Crippen LogP contribution is -2.56. The van der Waals surface area contributed by atoms with E-state index >= 15 is 9.59 Å². The molecule has 0 unspecified atom stereocenters. The van der Waals surface area contributed by atoms with Crippen molar-refractivity contribution in [2.24, 2.45) is 0 Å². The number of nitrogens with one attached hydrogen (secondary N) is 1. The van der Waals surface area contributed by atoms with Crippen molar-refractivity contribution in [3.05, 3.63) is 130 Å². The number of nitrogens with zero attached hydrogens (tertiary/aromatic N) is 4. The van der Waals surface area contributed by atoms with Crippen LogP contribution in [0.3, 0.4) is 0 Å². The number of phenolic OH excluding ortho intramolecular Hbond substituents is 1. The zero-order chi connectivity index (χ0) is 41.5. The Morgan fingerprint density at radius 3 is 2.37 bits per heavy atom. The molecule has 310 valence electrons. The van der Waals surface area contributed by atoms with Crippen LogP contribution in [0.5, 0.6) is 17.2 Å². The van der Waals surface area contributed by atoms with Crippen LogP contribution in [-0.2, 0) is 47.2 Å². The molecule has 1 saturated heterocycles. The smallest absolute Gasteiger partial charge is 0.264 e. The molecule has 14 nitrogen and oxygen atoms in total. The van der Waals surface area contributed by atoms with E-state index in [1.807, 2.05) is 33.9 Å². The second-order valence-electron chi connectivity index (χ2n) is 15.6. The fraction of sp³-hybridized carbons (Fsp3) is 0.311. The second kappa shape index (κ2) is 16.1. The van der Waals surface area contributed by atoms with Gasteiger partial charge in [-0.1, -0.05) is 36.4 Å². The van der Waals surface area contributed by atoms with Gasteiger partial charge in [-0.2, -0.15) is 0 Å². The number of benzene rings is 4. The van der Waals surface area contributed by atoms with Gasteiger partial charge in [-0.05, 0) is 90.6 Å². The summed E-state index contributed by atoms with van der Waals surface area (Å²) in [7, 11) is -3.81. The van der Waals surface area contributed by atoms with Gasteiger partial charge in [-0.15, -0.1) is 0 Å². The summed E-state index contributed by atoms with van der Waals surface area (Å²) < 4.78 is 45.2. The summed E-state index contributed by atoms with van der Waals surface area (Å²) in [6.07, 6.45) is 3.76. The van der Waals surface area contributed by atoms with Crippen molar-refractivity contribution < 1.29 is 42.1 Å². The first-order valence-corrected chi connectivity index (χ1v) is 22.0. The highest BCUT2D eigenvalue weighted by Crippen LogP contribution is 2.43. The molecular weight excluding hydrogens is 787 g/mol. The Labute approximate surface area is 347 Å². The molecule has 1 atom stereocenters. The van der Waals surface area contributed by atoms with Gasteiger partial charge in [0, 0.05) is 60.8 Å². The number of fused-ring (bicyclic) bond motifs is 3. The molecule has 5 heterocycles. The van der Waals surface area contributed by atoms with Gasteiger partial charge in [0.15, 0.2) is 11.5 Å². The van der Waals surface area contributed by atoms with Gasteiger partial charge in [-0.3, -0.25) is 19.3 Å². The molecule has 0 bridgehead atoms. The molecule has 0 aliphatic carbocycles. The number of aromatic nitrogens is 1. The van der Waals surface area contributed by atoms with Crippen LogP contribution in [0.25, 0.3) is 11.3 Å². The first kappa shape index (κ1) is 39.3. The third-order valence-corrected chi connectivity index (χ3v) is 12.2. The van der Waals surface area contributed by atoms with Crippen LogP contribution >= 0.6 is 0 Å². The van der Waals surface area contributed by atoms with E-state index in [1.165, 1.54) is 23.8 Å². The molecule has 4 aliphatic heterocycles. The number of anilines is 1. The highest BCUT2D eigenvalue weighted by molar-refractivity contribution is 7.89. The predicted octanol–water partition coefficient (Wildman–Crippen LogP) is 5.32. The van der Waals surface area contributed by atoms with Gasteiger partial charge in [0.25, 0.3) is 17.7 Å². The minimum atomic E-state index is -3.81. The number of carbonyl (C=O) groups excluding carboxylic acids is 3. The van der Waals surface area contributed by atoms with Gasteiger partial charge in [0.1, 0.15) is 5.75 Å². The third-order valence-electron chi connectivity index (χ3n) is 11.7. The fourth-order valence-corrected chi connectivity index (χ4v) is 9.22. The molecule has 2 N–H and O–H groups in total. The number of rotatable bonds is 9. The summed E-state index contributed by atoms with van der Waals surface area (Å²) >= 11 is 0. The first-order valence-electron chi connectivity index (χ1n) is 20.1. The molecular formula is C45H45N5O9S. The quantitative estimate of drug-likeness (QED) is 0.199. The normalized spacial score (nSPS) is 17.4. The number of ether oxygens (including phenoxy) is 3. The minimum Gasteiger partial charge on any atom is -0.508 e. The minimum absolute atomic E-state index is 0.0224. The van der Waals surface area contributed by atoms with Crippen LogP contribution in [0.15, 0.2) is 91.0 Å². The number of amides is 3. The lowest BCUT2D eigenvalue weighted by atomic mass is 9.94. The first-order chi connectivity index (χ1) is 29.0. The summed E-state index contributed by atoms with van der Waals surface area (Å²) in [5, 5.41) is 10.2. The molecule has 1 fully saturated rings. The number of hydrogen-bond donors (Lipinski definition) is 2. The van der Waals surface area contributed by atoms with Crippen molar-refractivity contribution in [3.63, 3.8) is 0 Å². The molecule has 3 amide bonds. The van der Waals surface area contributed by atoms with Crippen molar-refractivity contribution in [2.45, 2.75) is 51.5 Å². The van der Waals surface area contributed by atoms with E-state index in [4.69, 9.17) is 14.2 Å². The zero-order valence-electron chi connectivity index (χ0n) is 33.1. The van der Waals surface area contributed by atoms with Gasteiger partial charge in [-0.25, -0.2) is 13.1 Å². The van der Waals surface area contributed by atoms with Crippen LogP contribution in [-0.4, -0.2) is 91.1 Å². The topological polar surface area (TPSA) is 160 Å². The molecule has 1 aromatic heterocycles. The Bertz CT molecular complexity index is 2600. The number of morpholine rings is 1. The Kier molecular flexibility index (Phi) is 10.6. The maximum absolute atomic E-state index is 15.2. The van der Waals surface area contributed by atoms with Crippen LogP contribution in [0, 0.1) is 0 Å². The Morgan fingerprint density at radius 2 is 1.60 bits per heavy atom. The van der Waals surface area contributed by atoms with E-state index in [-0.39, 0.29) is 42.6 Å². The van der Waals surface area contributed by atoms with Gasteiger partial charge >= 0.3 is 0 Å². The zero-order valence-corrected chi connectivity index (χ0v) is 33.9. The van der Waals surface area contributed by atoms with Crippen molar-refractivity contribution in [2.75, 3.05) is 44.3 Å². The Hall–Kier alpha value is -6.16. The monoisotopic (exact) mass is 831 g/mol. The summed E-state index contributed by atoms with van der Waals surface area (Å²) in [6, 6.07) is 26.5.